The average molecular weight is 685 g/mol. The number of amides is 1. The first-order valence-electron chi connectivity index (χ1n) is 12.2. The predicted octanol–water partition coefficient (Wildman–Crippen LogP) is 6.30. The van der Waals surface area contributed by atoms with Crippen LogP contribution in [0.2, 0.25) is 15.1 Å². The van der Waals surface area contributed by atoms with Gasteiger partial charge in [-0.1, -0.05) is 34.8 Å². The van der Waals surface area contributed by atoms with Crippen molar-refractivity contribution in [2.75, 3.05) is 35.1 Å². The molecule has 4 rings (SSSR count). The largest absolute Gasteiger partial charge is 0.493 e. The summed E-state index contributed by atoms with van der Waals surface area (Å²) in [6.07, 6.45) is 0. The first-order chi connectivity index (χ1) is 20.3. The summed E-state index contributed by atoms with van der Waals surface area (Å²) in [7, 11) is -5.50. The molecule has 4 aromatic carbocycles. The summed E-state index contributed by atoms with van der Waals surface area (Å²) in [4.78, 5) is 12.9. The summed E-state index contributed by atoms with van der Waals surface area (Å²) in [6.45, 7) is -0.616. The summed E-state index contributed by atoms with van der Waals surface area (Å²) >= 11 is 17.9. The van der Waals surface area contributed by atoms with Gasteiger partial charge in [-0.15, -0.1) is 0 Å². The molecular weight excluding hydrogens is 661 g/mol. The number of carbonyl (C=O) groups excluding carboxylic acids is 1. The van der Waals surface area contributed by atoms with Crippen LogP contribution in [0.4, 0.5) is 17.1 Å². The molecule has 0 saturated heterocycles. The standard InChI is InChI=1S/C28H24Cl3N3O7S2/c1-40-26-12-11-25(16-27(26)41-2)43(38,39)34(23-7-3-18(29)4-8-23)17-28(35)32-21-5-9-24(10-6-21)42(36,37)33-22-14-19(30)13-20(31)15-22/h3-16,33H,17H2,1-2H3,(H,32,35). The zero-order valence-corrected chi connectivity index (χ0v) is 26.4. The maximum Gasteiger partial charge on any atom is 0.264 e. The van der Waals surface area contributed by atoms with Gasteiger partial charge in [-0.05, 0) is 78.9 Å². The van der Waals surface area contributed by atoms with E-state index in [0.717, 1.165) is 4.31 Å². The second-order valence-corrected chi connectivity index (χ2v) is 13.7. The number of rotatable bonds is 11. The van der Waals surface area contributed by atoms with Crippen LogP contribution < -0.4 is 23.8 Å². The molecule has 0 aliphatic carbocycles. The maximum atomic E-state index is 13.7. The molecule has 0 unspecified atom stereocenters. The Morgan fingerprint density at radius 2 is 1.28 bits per heavy atom. The summed E-state index contributed by atoms with van der Waals surface area (Å²) in [6, 6.07) is 19.6. The van der Waals surface area contributed by atoms with Crippen molar-refractivity contribution in [1.29, 1.82) is 0 Å². The first-order valence-corrected chi connectivity index (χ1v) is 16.3. The van der Waals surface area contributed by atoms with Gasteiger partial charge in [0.15, 0.2) is 11.5 Å². The van der Waals surface area contributed by atoms with Crippen LogP contribution in [0.3, 0.4) is 0 Å². The van der Waals surface area contributed by atoms with E-state index >= 15 is 0 Å². The lowest BCUT2D eigenvalue weighted by atomic mass is 10.3. The second-order valence-electron chi connectivity index (χ2n) is 8.84. The van der Waals surface area contributed by atoms with Crippen LogP contribution >= 0.6 is 34.8 Å². The fourth-order valence-electron chi connectivity index (χ4n) is 3.90. The highest BCUT2D eigenvalue weighted by Crippen LogP contribution is 2.33. The van der Waals surface area contributed by atoms with Crippen LogP contribution in [0.15, 0.2) is 94.7 Å². The van der Waals surface area contributed by atoms with Crippen molar-refractivity contribution >= 4 is 77.8 Å². The van der Waals surface area contributed by atoms with Crippen molar-refractivity contribution in [3.8, 4) is 11.5 Å². The first kappa shape index (κ1) is 32.2. The Bertz CT molecular complexity index is 1830. The third kappa shape index (κ3) is 7.84. The van der Waals surface area contributed by atoms with Crippen molar-refractivity contribution in [3.05, 3.63) is 100.0 Å². The van der Waals surface area contributed by atoms with Crippen molar-refractivity contribution in [2.45, 2.75) is 9.79 Å². The quantitative estimate of drug-likeness (QED) is 0.190. The molecule has 0 aromatic heterocycles. The molecule has 0 fully saturated rings. The highest BCUT2D eigenvalue weighted by atomic mass is 35.5. The number of methoxy groups -OCH3 is 2. The lowest BCUT2D eigenvalue weighted by Crippen LogP contribution is -2.38. The minimum atomic E-state index is -4.29. The van der Waals surface area contributed by atoms with E-state index < -0.39 is 32.5 Å². The summed E-state index contributed by atoms with van der Waals surface area (Å²) in [5.41, 5.74) is 0.588. The van der Waals surface area contributed by atoms with Crippen molar-refractivity contribution in [1.82, 2.24) is 0 Å². The maximum absolute atomic E-state index is 13.7. The Balaban J connectivity index is 1.56. The third-order valence-corrected chi connectivity index (χ3v) is 9.76. The van der Waals surface area contributed by atoms with Gasteiger partial charge in [0.05, 0.1) is 35.4 Å². The number of benzene rings is 4. The van der Waals surface area contributed by atoms with Gasteiger partial charge in [0.2, 0.25) is 5.91 Å². The van der Waals surface area contributed by atoms with Crippen LogP contribution in [0.5, 0.6) is 11.5 Å². The van der Waals surface area contributed by atoms with Gasteiger partial charge in [-0.2, -0.15) is 0 Å². The van der Waals surface area contributed by atoms with E-state index in [4.69, 9.17) is 44.3 Å². The number of anilines is 3. The molecule has 0 aliphatic rings. The molecule has 10 nitrogen and oxygen atoms in total. The molecule has 1 amide bonds. The van der Waals surface area contributed by atoms with Gasteiger partial charge in [-0.3, -0.25) is 13.8 Å². The Kier molecular flexibility index (Phi) is 9.98. The Hall–Kier alpha value is -3.68. The van der Waals surface area contributed by atoms with Gasteiger partial charge in [-0.25, -0.2) is 16.8 Å². The summed E-state index contributed by atoms with van der Waals surface area (Å²) in [5.74, 6) is -0.178. The number of ether oxygens (including phenoxy) is 2. The average Bonchev–Trinajstić information content (AvgIpc) is 2.95. The summed E-state index contributed by atoms with van der Waals surface area (Å²) < 4.78 is 66.9. The van der Waals surface area contributed by atoms with Gasteiger partial charge in [0, 0.05) is 26.8 Å². The Morgan fingerprint density at radius 1 is 0.698 bits per heavy atom. The van der Waals surface area contributed by atoms with Crippen molar-refractivity contribution in [2.24, 2.45) is 0 Å². The normalized spacial score (nSPS) is 11.5. The van der Waals surface area contributed by atoms with Crippen LogP contribution in [-0.4, -0.2) is 43.5 Å². The molecule has 0 saturated carbocycles. The lowest BCUT2D eigenvalue weighted by Gasteiger charge is -2.24. The van der Waals surface area contributed by atoms with Crippen LogP contribution in [0, 0.1) is 0 Å². The van der Waals surface area contributed by atoms with E-state index in [0.29, 0.717) is 10.8 Å². The fraction of sp³-hybridized carbons (Fsp3) is 0.107. The van der Waals surface area contributed by atoms with E-state index in [-0.39, 0.29) is 42.6 Å². The topological polar surface area (TPSA) is 131 Å². The van der Waals surface area contributed by atoms with Crippen LogP contribution in [-0.2, 0) is 24.8 Å². The van der Waals surface area contributed by atoms with Gasteiger partial charge in [0.1, 0.15) is 6.54 Å². The Morgan fingerprint density at radius 3 is 1.86 bits per heavy atom. The number of sulfonamides is 2. The lowest BCUT2D eigenvalue weighted by molar-refractivity contribution is -0.114. The molecule has 0 heterocycles. The molecule has 15 heteroatoms. The second kappa shape index (κ2) is 13.3. The third-order valence-electron chi connectivity index (χ3n) is 5.91. The molecular formula is C28H24Cl3N3O7S2. The van der Waals surface area contributed by atoms with Gasteiger partial charge >= 0.3 is 0 Å². The highest BCUT2D eigenvalue weighted by Gasteiger charge is 2.28. The number of nitrogens with one attached hydrogen (secondary N) is 2. The van der Waals surface area contributed by atoms with Crippen molar-refractivity contribution in [3.63, 3.8) is 0 Å². The smallest absolute Gasteiger partial charge is 0.264 e. The van der Waals surface area contributed by atoms with E-state index in [1.165, 1.54) is 99.1 Å². The SMILES string of the molecule is COc1ccc(S(=O)(=O)N(CC(=O)Nc2ccc(S(=O)(=O)Nc3cc(Cl)cc(Cl)c3)cc2)c2ccc(Cl)cc2)cc1OC. The molecule has 226 valence electrons. The molecule has 0 spiro atoms. The van der Waals surface area contributed by atoms with Gasteiger partial charge < -0.3 is 14.8 Å². The zero-order valence-electron chi connectivity index (χ0n) is 22.5. The molecule has 0 bridgehead atoms. The monoisotopic (exact) mass is 683 g/mol. The highest BCUT2D eigenvalue weighted by molar-refractivity contribution is 7.93. The number of carbonyl (C=O) groups is 1. The number of hydrogen-bond acceptors (Lipinski definition) is 7. The molecule has 0 atom stereocenters. The van der Waals surface area contributed by atoms with Gasteiger partial charge in [0.25, 0.3) is 20.0 Å². The molecule has 0 radical (unpaired) electrons. The molecule has 43 heavy (non-hydrogen) atoms. The Labute approximate surface area is 264 Å². The van der Waals surface area contributed by atoms with E-state index in [1.54, 1.807) is 0 Å². The number of nitrogens with zero attached hydrogens (tertiary/aromatic N) is 1. The van der Waals surface area contributed by atoms with E-state index in [2.05, 4.69) is 10.0 Å². The number of hydrogen-bond donors (Lipinski definition) is 2. The number of halogens is 3. The van der Waals surface area contributed by atoms with E-state index in [9.17, 15) is 21.6 Å². The predicted molar refractivity (Wildman–Crippen MR) is 168 cm³/mol. The minimum Gasteiger partial charge on any atom is -0.493 e. The van der Waals surface area contributed by atoms with Crippen molar-refractivity contribution < 1.29 is 31.1 Å². The molecule has 4 aromatic rings. The zero-order chi connectivity index (χ0) is 31.4. The molecule has 0 aliphatic heterocycles. The molecule has 2 N–H and O–H groups in total. The van der Waals surface area contributed by atoms with Crippen LogP contribution in [0.1, 0.15) is 0 Å². The minimum absolute atomic E-state index is 0.0968. The summed E-state index contributed by atoms with van der Waals surface area (Å²) in [5, 5.41) is 3.48. The van der Waals surface area contributed by atoms with E-state index in [1.807, 2.05) is 0 Å². The fourth-order valence-corrected chi connectivity index (χ4v) is 7.03. The van der Waals surface area contributed by atoms with Crippen LogP contribution in [0.25, 0.3) is 0 Å².